The van der Waals surface area contributed by atoms with E-state index in [-0.39, 0.29) is 24.0 Å². The zero-order valence-corrected chi connectivity index (χ0v) is 15.6. The standard InChI is InChI=1S/C15H22ClN3O.HI/c1-17-15(18-10-14-7-4-8-20-14)19(2)11-12-5-3-6-13(16)9-12;/h3,5-6,9,14H,4,7-8,10-11H2,1-2H3,(H,17,18);1H. The second-order valence-electron chi connectivity index (χ2n) is 5.05. The molecule has 1 heterocycles. The number of rotatable bonds is 4. The van der Waals surface area contributed by atoms with Crippen molar-refractivity contribution in [1.29, 1.82) is 0 Å². The fourth-order valence-corrected chi connectivity index (χ4v) is 2.59. The van der Waals surface area contributed by atoms with Crippen molar-refractivity contribution in [2.75, 3.05) is 27.2 Å². The Kier molecular flexibility index (Phi) is 8.36. The lowest BCUT2D eigenvalue weighted by Crippen LogP contribution is -2.41. The maximum absolute atomic E-state index is 6.01. The molecule has 21 heavy (non-hydrogen) atoms. The molecule has 1 saturated heterocycles. The smallest absolute Gasteiger partial charge is 0.193 e. The van der Waals surface area contributed by atoms with Crippen molar-refractivity contribution in [3.8, 4) is 0 Å². The zero-order valence-electron chi connectivity index (χ0n) is 12.5. The van der Waals surface area contributed by atoms with E-state index in [0.29, 0.717) is 6.10 Å². The molecule has 0 saturated carbocycles. The molecule has 1 aliphatic rings. The van der Waals surface area contributed by atoms with Gasteiger partial charge in [0.1, 0.15) is 0 Å². The quantitative estimate of drug-likeness (QED) is 0.459. The first-order valence-corrected chi connectivity index (χ1v) is 7.34. The van der Waals surface area contributed by atoms with E-state index in [4.69, 9.17) is 16.3 Å². The van der Waals surface area contributed by atoms with Crippen molar-refractivity contribution in [3.63, 3.8) is 0 Å². The number of nitrogens with zero attached hydrogens (tertiary/aromatic N) is 2. The Morgan fingerprint density at radius 3 is 2.95 bits per heavy atom. The third-order valence-electron chi connectivity index (χ3n) is 3.39. The minimum absolute atomic E-state index is 0. The molecular weight excluding hydrogens is 401 g/mol. The molecule has 2 rings (SSSR count). The Balaban J connectivity index is 0.00000220. The number of nitrogens with one attached hydrogen (secondary N) is 1. The fourth-order valence-electron chi connectivity index (χ4n) is 2.38. The molecule has 1 aromatic rings. The number of benzene rings is 1. The van der Waals surface area contributed by atoms with Gasteiger partial charge in [0, 0.05) is 38.8 Å². The van der Waals surface area contributed by atoms with Crippen LogP contribution >= 0.6 is 35.6 Å². The van der Waals surface area contributed by atoms with Gasteiger partial charge in [0.05, 0.1) is 6.10 Å². The molecule has 118 valence electrons. The van der Waals surface area contributed by atoms with Crippen LogP contribution in [0.4, 0.5) is 0 Å². The third-order valence-corrected chi connectivity index (χ3v) is 3.63. The van der Waals surface area contributed by atoms with E-state index in [1.807, 2.05) is 25.2 Å². The van der Waals surface area contributed by atoms with Gasteiger partial charge in [0.25, 0.3) is 0 Å². The second kappa shape index (κ2) is 9.48. The summed E-state index contributed by atoms with van der Waals surface area (Å²) in [5.74, 6) is 0.875. The lowest BCUT2D eigenvalue weighted by Gasteiger charge is -2.23. The number of ether oxygens (including phenoxy) is 1. The molecule has 6 heteroatoms. The van der Waals surface area contributed by atoms with Gasteiger partial charge in [-0.15, -0.1) is 24.0 Å². The summed E-state index contributed by atoms with van der Waals surface area (Å²) in [4.78, 5) is 6.39. The van der Waals surface area contributed by atoms with Crippen LogP contribution in [0.3, 0.4) is 0 Å². The van der Waals surface area contributed by atoms with Crippen molar-refractivity contribution in [2.45, 2.75) is 25.5 Å². The van der Waals surface area contributed by atoms with Gasteiger partial charge in [-0.25, -0.2) is 0 Å². The predicted molar refractivity (Wildman–Crippen MR) is 98.7 cm³/mol. The molecule has 0 bridgehead atoms. The molecule has 1 fully saturated rings. The van der Waals surface area contributed by atoms with Crippen LogP contribution in [0, 0.1) is 0 Å². The highest BCUT2D eigenvalue weighted by atomic mass is 127. The summed E-state index contributed by atoms with van der Waals surface area (Å²) >= 11 is 6.01. The number of hydrogen-bond donors (Lipinski definition) is 1. The van der Waals surface area contributed by atoms with Crippen molar-refractivity contribution in [1.82, 2.24) is 10.2 Å². The Hall–Kier alpha value is -0.530. The molecule has 1 aliphatic heterocycles. The molecule has 0 spiro atoms. The number of hydrogen-bond acceptors (Lipinski definition) is 2. The number of guanidine groups is 1. The first-order chi connectivity index (χ1) is 9.69. The monoisotopic (exact) mass is 423 g/mol. The van der Waals surface area contributed by atoms with Gasteiger partial charge in [-0.1, -0.05) is 23.7 Å². The molecule has 1 N–H and O–H groups in total. The molecule has 0 aliphatic carbocycles. The van der Waals surface area contributed by atoms with E-state index in [2.05, 4.69) is 21.3 Å². The van der Waals surface area contributed by atoms with Gasteiger partial charge in [0.2, 0.25) is 0 Å². The third kappa shape index (κ3) is 6.00. The summed E-state index contributed by atoms with van der Waals surface area (Å²) in [5.41, 5.74) is 1.17. The SMILES string of the molecule is CN=C(NCC1CCCO1)N(C)Cc1cccc(Cl)c1.I. The summed E-state index contributed by atoms with van der Waals surface area (Å²) in [5, 5.41) is 4.13. The molecule has 0 aromatic heterocycles. The first-order valence-electron chi connectivity index (χ1n) is 6.97. The van der Waals surface area contributed by atoms with Crippen molar-refractivity contribution in [2.24, 2.45) is 4.99 Å². The van der Waals surface area contributed by atoms with Gasteiger partial charge in [-0.3, -0.25) is 4.99 Å². The van der Waals surface area contributed by atoms with Crippen molar-refractivity contribution >= 4 is 41.5 Å². The van der Waals surface area contributed by atoms with E-state index in [0.717, 1.165) is 43.5 Å². The Bertz CT molecular complexity index is 464. The maximum Gasteiger partial charge on any atom is 0.193 e. The molecule has 1 unspecified atom stereocenters. The van der Waals surface area contributed by atoms with Crippen molar-refractivity contribution in [3.05, 3.63) is 34.9 Å². The highest BCUT2D eigenvalue weighted by molar-refractivity contribution is 14.0. The largest absolute Gasteiger partial charge is 0.376 e. The van der Waals surface area contributed by atoms with E-state index < -0.39 is 0 Å². The number of aliphatic imine (C=N–C) groups is 1. The Labute approximate surface area is 148 Å². The average molecular weight is 424 g/mol. The van der Waals surface area contributed by atoms with Crippen LogP contribution in [0.5, 0.6) is 0 Å². The van der Waals surface area contributed by atoms with E-state index in [1.54, 1.807) is 7.05 Å². The average Bonchev–Trinajstić information content (AvgIpc) is 2.92. The summed E-state index contributed by atoms with van der Waals surface area (Å²) in [6.07, 6.45) is 2.59. The highest BCUT2D eigenvalue weighted by Gasteiger charge is 2.16. The second-order valence-corrected chi connectivity index (χ2v) is 5.49. The minimum atomic E-state index is 0. The van der Waals surface area contributed by atoms with E-state index in [9.17, 15) is 0 Å². The van der Waals surface area contributed by atoms with Gasteiger partial charge in [0.15, 0.2) is 5.96 Å². The van der Waals surface area contributed by atoms with Crippen LogP contribution in [-0.2, 0) is 11.3 Å². The topological polar surface area (TPSA) is 36.9 Å². The van der Waals surface area contributed by atoms with E-state index >= 15 is 0 Å². The zero-order chi connectivity index (χ0) is 14.4. The molecule has 1 atom stereocenters. The summed E-state index contributed by atoms with van der Waals surface area (Å²) in [6.45, 7) is 2.46. The normalized spacial score (nSPS) is 18.2. The molecule has 1 aromatic carbocycles. The van der Waals surface area contributed by atoms with Crippen molar-refractivity contribution < 1.29 is 4.74 Å². The van der Waals surface area contributed by atoms with E-state index in [1.165, 1.54) is 5.56 Å². The maximum atomic E-state index is 6.01. The lowest BCUT2D eigenvalue weighted by atomic mass is 10.2. The number of halogens is 2. The molecular formula is C15H23ClIN3O. The van der Waals surface area contributed by atoms with Crippen LogP contribution in [0.2, 0.25) is 5.02 Å². The van der Waals surface area contributed by atoms with Crippen LogP contribution in [0.1, 0.15) is 18.4 Å². The Morgan fingerprint density at radius 1 is 1.52 bits per heavy atom. The predicted octanol–water partition coefficient (Wildman–Crippen LogP) is 3.14. The molecule has 0 radical (unpaired) electrons. The summed E-state index contributed by atoms with van der Waals surface area (Å²) in [6, 6.07) is 7.89. The van der Waals surface area contributed by atoms with Crippen LogP contribution in [-0.4, -0.2) is 44.2 Å². The summed E-state index contributed by atoms with van der Waals surface area (Å²) < 4.78 is 5.61. The molecule has 0 amide bonds. The van der Waals surface area contributed by atoms with Gasteiger partial charge in [-0.05, 0) is 30.5 Å². The fraction of sp³-hybridized carbons (Fsp3) is 0.533. The first kappa shape index (κ1) is 18.5. The van der Waals surface area contributed by atoms with Gasteiger partial charge >= 0.3 is 0 Å². The summed E-state index contributed by atoms with van der Waals surface area (Å²) in [7, 11) is 3.82. The Morgan fingerprint density at radius 2 is 2.33 bits per heavy atom. The lowest BCUT2D eigenvalue weighted by molar-refractivity contribution is 0.113. The van der Waals surface area contributed by atoms with Crippen LogP contribution < -0.4 is 5.32 Å². The molecule has 4 nitrogen and oxygen atoms in total. The van der Waals surface area contributed by atoms with Crippen LogP contribution in [0.15, 0.2) is 29.3 Å². The highest BCUT2D eigenvalue weighted by Crippen LogP contribution is 2.13. The van der Waals surface area contributed by atoms with Gasteiger partial charge < -0.3 is 15.0 Å². The van der Waals surface area contributed by atoms with Gasteiger partial charge in [-0.2, -0.15) is 0 Å². The minimum Gasteiger partial charge on any atom is -0.376 e. The van der Waals surface area contributed by atoms with Crippen LogP contribution in [0.25, 0.3) is 0 Å².